The average molecular weight is 304 g/mol. The molecule has 3 heterocycles. The number of amides is 1. The molecule has 1 saturated carbocycles. The molecule has 1 spiro atoms. The third-order valence-corrected chi connectivity index (χ3v) is 5.27. The van der Waals surface area contributed by atoms with E-state index in [1.165, 1.54) is 19.4 Å². The Morgan fingerprint density at radius 1 is 1.45 bits per heavy atom. The topological polar surface area (TPSA) is 59.4 Å². The molecule has 22 heavy (non-hydrogen) atoms. The SMILES string of the molecule is CNC(=O)[C@@H]1Cn2ccnc2C2(CCN(CC3CC3)CC2)O1. The summed E-state index contributed by atoms with van der Waals surface area (Å²) in [4.78, 5) is 19.1. The van der Waals surface area contributed by atoms with Gasteiger partial charge in [-0.25, -0.2) is 4.98 Å². The third-order valence-electron chi connectivity index (χ3n) is 5.27. The summed E-state index contributed by atoms with van der Waals surface area (Å²) in [7, 11) is 1.67. The van der Waals surface area contributed by atoms with Crippen LogP contribution >= 0.6 is 0 Å². The van der Waals surface area contributed by atoms with E-state index in [1.54, 1.807) is 7.05 Å². The molecule has 0 aromatic carbocycles. The number of likely N-dealkylation sites (tertiary alicyclic amines) is 1. The summed E-state index contributed by atoms with van der Waals surface area (Å²) >= 11 is 0. The number of hydrogen-bond acceptors (Lipinski definition) is 4. The summed E-state index contributed by atoms with van der Waals surface area (Å²) in [5, 5.41) is 2.71. The second-order valence-electron chi connectivity index (χ2n) is 6.86. The Morgan fingerprint density at radius 3 is 2.91 bits per heavy atom. The Balaban J connectivity index is 1.53. The number of carbonyl (C=O) groups excluding carboxylic acids is 1. The van der Waals surface area contributed by atoms with Crippen molar-refractivity contribution in [3.8, 4) is 0 Å². The number of rotatable bonds is 3. The highest BCUT2D eigenvalue weighted by molar-refractivity contribution is 5.80. The molecule has 2 fully saturated rings. The molecule has 1 aliphatic carbocycles. The van der Waals surface area contributed by atoms with Crippen LogP contribution in [-0.2, 0) is 21.7 Å². The largest absolute Gasteiger partial charge is 0.357 e. The van der Waals surface area contributed by atoms with Crippen LogP contribution in [0.5, 0.6) is 0 Å². The Morgan fingerprint density at radius 2 is 2.23 bits per heavy atom. The number of carbonyl (C=O) groups is 1. The molecule has 0 radical (unpaired) electrons. The maximum atomic E-state index is 12.1. The number of nitrogens with one attached hydrogen (secondary N) is 1. The Hall–Kier alpha value is -1.40. The van der Waals surface area contributed by atoms with Gasteiger partial charge in [0.05, 0.1) is 6.54 Å². The maximum Gasteiger partial charge on any atom is 0.250 e. The molecular formula is C16H24N4O2. The van der Waals surface area contributed by atoms with E-state index >= 15 is 0 Å². The summed E-state index contributed by atoms with van der Waals surface area (Å²) in [6, 6.07) is 0. The minimum absolute atomic E-state index is 0.0425. The number of fused-ring (bicyclic) bond motifs is 2. The van der Waals surface area contributed by atoms with Crippen molar-refractivity contribution in [3.63, 3.8) is 0 Å². The standard InChI is InChI=1S/C16H24N4O2/c1-17-14(21)13-11-20-9-6-18-15(20)16(22-13)4-7-19(8-5-16)10-12-2-3-12/h6,9,12-13H,2-5,7-8,10-11H2,1H3,(H,17,21)/t13-/m0/s1. The van der Waals surface area contributed by atoms with Crippen molar-refractivity contribution in [1.82, 2.24) is 19.8 Å². The van der Waals surface area contributed by atoms with Crippen LogP contribution in [0.4, 0.5) is 0 Å². The minimum atomic E-state index is -0.415. The number of piperidine rings is 1. The molecule has 6 heteroatoms. The highest BCUT2D eigenvalue weighted by Crippen LogP contribution is 2.41. The first-order chi connectivity index (χ1) is 10.7. The van der Waals surface area contributed by atoms with E-state index in [-0.39, 0.29) is 11.5 Å². The highest BCUT2D eigenvalue weighted by Gasteiger charge is 2.47. The van der Waals surface area contributed by atoms with Crippen LogP contribution in [-0.4, -0.2) is 53.1 Å². The maximum absolute atomic E-state index is 12.1. The average Bonchev–Trinajstić information content (AvgIpc) is 3.22. The van der Waals surface area contributed by atoms with Gasteiger partial charge >= 0.3 is 0 Å². The number of imidazole rings is 1. The lowest BCUT2D eigenvalue weighted by molar-refractivity contribution is -0.173. The van der Waals surface area contributed by atoms with E-state index < -0.39 is 6.10 Å². The number of nitrogens with zero attached hydrogens (tertiary/aromatic N) is 3. The quantitative estimate of drug-likeness (QED) is 0.894. The van der Waals surface area contributed by atoms with Crippen molar-refractivity contribution in [2.75, 3.05) is 26.7 Å². The van der Waals surface area contributed by atoms with Crippen molar-refractivity contribution in [3.05, 3.63) is 18.2 Å². The lowest BCUT2D eigenvalue weighted by Crippen LogP contribution is -2.53. The Labute approximate surface area is 130 Å². The number of likely N-dealkylation sites (N-methyl/N-ethyl adjacent to an activating group) is 1. The number of aromatic nitrogens is 2. The van der Waals surface area contributed by atoms with Crippen molar-refractivity contribution in [1.29, 1.82) is 0 Å². The molecule has 6 nitrogen and oxygen atoms in total. The molecule has 1 N–H and O–H groups in total. The first-order valence-corrected chi connectivity index (χ1v) is 8.33. The van der Waals surface area contributed by atoms with E-state index in [0.717, 1.165) is 37.7 Å². The molecular weight excluding hydrogens is 280 g/mol. The predicted octanol–water partition coefficient (Wildman–Crippen LogP) is 0.729. The summed E-state index contributed by atoms with van der Waals surface area (Å²) in [5.74, 6) is 1.87. The van der Waals surface area contributed by atoms with Crippen LogP contribution in [0.15, 0.2) is 12.4 Å². The molecule has 3 aliphatic rings. The van der Waals surface area contributed by atoms with Gasteiger partial charge in [-0.15, -0.1) is 0 Å². The molecule has 0 unspecified atom stereocenters. The molecule has 1 amide bonds. The zero-order valence-corrected chi connectivity index (χ0v) is 13.1. The fourth-order valence-corrected chi connectivity index (χ4v) is 3.80. The van der Waals surface area contributed by atoms with Gasteiger partial charge in [0.2, 0.25) is 0 Å². The lowest BCUT2D eigenvalue weighted by atomic mass is 9.88. The van der Waals surface area contributed by atoms with Gasteiger partial charge in [-0.2, -0.15) is 0 Å². The van der Waals surface area contributed by atoms with Gasteiger partial charge in [-0.05, 0) is 31.6 Å². The zero-order chi connectivity index (χ0) is 15.2. The van der Waals surface area contributed by atoms with Crippen LogP contribution in [0.3, 0.4) is 0 Å². The van der Waals surface area contributed by atoms with Gasteiger partial charge in [0, 0.05) is 39.1 Å². The second kappa shape index (κ2) is 5.35. The van der Waals surface area contributed by atoms with Crippen LogP contribution in [0.2, 0.25) is 0 Å². The number of hydrogen-bond donors (Lipinski definition) is 1. The monoisotopic (exact) mass is 304 g/mol. The van der Waals surface area contributed by atoms with Crippen molar-refractivity contribution >= 4 is 5.91 Å². The van der Waals surface area contributed by atoms with Crippen molar-refractivity contribution in [2.24, 2.45) is 5.92 Å². The van der Waals surface area contributed by atoms with Crippen molar-refractivity contribution in [2.45, 2.75) is 43.9 Å². The van der Waals surface area contributed by atoms with Gasteiger partial charge in [-0.3, -0.25) is 4.79 Å². The predicted molar refractivity (Wildman–Crippen MR) is 81.2 cm³/mol. The lowest BCUT2D eigenvalue weighted by Gasteiger charge is -2.45. The normalized spacial score (nSPS) is 27.6. The molecule has 4 rings (SSSR count). The fourth-order valence-electron chi connectivity index (χ4n) is 3.80. The van der Waals surface area contributed by atoms with Gasteiger partial charge < -0.3 is 19.5 Å². The summed E-state index contributed by atoms with van der Waals surface area (Å²) in [6.45, 7) is 3.85. The minimum Gasteiger partial charge on any atom is -0.357 e. The zero-order valence-electron chi connectivity index (χ0n) is 13.1. The van der Waals surface area contributed by atoms with E-state index in [0.29, 0.717) is 6.54 Å². The van der Waals surface area contributed by atoms with Crippen molar-refractivity contribution < 1.29 is 9.53 Å². The van der Waals surface area contributed by atoms with E-state index in [2.05, 4.69) is 19.8 Å². The first kappa shape index (κ1) is 14.2. The fraction of sp³-hybridized carbons (Fsp3) is 0.750. The van der Waals surface area contributed by atoms with Crippen LogP contribution in [0.1, 0.15) is 31.5 Å². The highest BCUT2D eigenvalue weighted by atomic mass is 16.5. The van der Waals surface area contributed by atoms with Crippen LogP contribution in [0, 0.1) is 5.92 Å². The molecule has 0 bridgehead atoms. The Bertz CT molecular complexity index is 558. The second-order valence-corrected chi connectivity index (χ2v) is 6.86. The summed E-state index contributed by atoms with van der Waals surface area (Å²) in [5.41, 5.74) is -0.390. The molecule has 1 atom stereocenters. The first-order valence-electron chi connectivity index (χ1n) is 8.33. The van der Waals surface area contributed by atoms with E-state index in [4.69, 9.17) is 4.74 Å². The summed E-state index contributed by atoms with van der Waals surface area (Å²) < 4.78 is 8.40. The van der Waals surface area contributed by atoms with Gasteiger partial charge in [-0.1, -0.05) is 0 Å². The van der Waals surface area contributed by atoms with Gasteiger partial charge in [0.15, 0.2) is 6.10 Å². The van der Waals surface area contributed by atoms with Crippen LogP contribution in [0.25, 0.3) is 0 Å². The van der Waals surface area contributed by atoms with E-state index in [9.17, 15) is 4.79 Å². The van der Waals surface area contributed by atoms with Crippen LogP contribution < -0.4 is 5.32 Å². The molecule has 1 aromatic heterocycles. The molecule has 120 valence electrons. The van der Waals surface area contributed by atoms with Gasteiger partial charge in [0.25, 0.3) is 5.91 Å². The third kappa shape index (κ3) is 2.44. The molecule has 1 aromatic rings. The molecule has 2 aliphatic heterocycles. The summed E-state index contributed by atoms with van der Waals surface area (Å²) in [6.07, 6.45) is 7.99. The smallest absolute Gasteiger partial charge is 0.250 e. The number of ether oxygens (including phenoxy) is 1. The Kier molecular flexibility index (Phi) is 3.46. The van der Waals surface area contributed by atoms with E-state index in [1.807, 2.05) is 12.4 Å². The molecule has 1 saturated heterocycles. The van der Waals surface area contributed by atoms with Gasteiger partial charge in [0.1, 0.15) is 11.4 Å².